The zero-order chi connectivity index (χ0) is 29.5. The van der Waals surface area contributed by atoms with Crippen LogP contribution >= 0.6 is 0 Å². The van der Waals surface area contributed by atoms with Crippen LogP contribution in [-0.4, -0.2) is 63.1 Å². The molecule has 0 saturated carbocycles. The summed E-state index contributed by atoms with van der Waals surface area (Å²) in [6, 6.07) is 12.9. The Morgan fingerprint density at radius 2 is 1.68 bits per heavy atom. The first-order chi connectivity index (χ1) is 19.4. The summed E-state index contributed by atoms with van der Waals surface area (Å²) in [4.78, 5) is 46.3. The van der Waals surface area contributed by atoms with E-state index in [4.69, 9.17) is 9.88 Å². The number of hydrogen-bond donors (Lipinski definition) is 2. The number of benzene rings is 2. The van der Waals surface area contributed by atoms with E-state index in [1.54, 1.807) is 0 Å². The number of nitrogens with two attached hydrogens (primary N) is 1. The number of amides is 3. The van der Waals surface area contributed by atoms with Gasteiger partial charge in [0, 0.05) is 37.0 Å². The van der Waals surface area contributed by atoms with E-state index in [9.17, 15) is 23.0 Å². The molecule has 2 aromatic carbocycles. The highest BCUT2D eigenvalue weighted by molar-refractivity contribution is 7.82. The molecule has 3 aromatic rings. The molecule has 3 heterocycles. The van der Waals surface area contributed by atoms with Crippen LogP contribution in [-0.2, 0) is 27.1 Å². The molecule has 214 valence electrons. The SMILES string of the molecule is CC(C)(C)C(=O)Nc1cc2ccccc2nc1COC(=O)N1CC2=C(C1)CN(C(=O)c1ccc(S(N)=O)cc1F)C2. The second kappa shape index (κ2) is 11.0. The van der Waals surface area contributed by atoms with Gasteiger partial charge in [0.25, 0.3) is 5.91 Å². The van der Waals surface area contributed by atoms with Gasteiger partial charge < -0.3 is 19.9 Å². The number of fused-ring (bicyclic) bond motifs is 1. The van der Waals surface area contributed by atoms with Crippen molar-refractivity contribution in [2.75, 3.05) is 31.5 Å². The lowest BCUT2D eigenvalue weighted by molar-refractivity contribution is -0.123. The standard InChI is InChI=1S/C29H30FN5O5S/c1-29(2,3)27(37)33-24-10-17-6-4-5-7-23(17)32-25(24)16-40-28(38)35-14-18-12-34(13-19(18)15-35)26(36)21-9-8-20(41(31)39)11-22(21)30/h4-11H,12-16,31H2,1-3H3,(H,33,37). The third-order valence-corrected chi connectivity index (χ3v) is 7.76. The normalized spacial score (nSPS) is 15.7. The summed E-state index contributed by atoms with van der Waals surface area (Å²) >= 11 is 0. The Bertz CT molecular complexity index is 1620. The second-order valence-electron chi connectivity index (χ2n) is 11.1. The van der Waals surface area contributed by atoms with Gasteiger partial charge in [0.2, 0.25) is 5.91 Å². The van der Waals surface area contributed by atoms with Crippen LogP contribution in [0.1, 0.15) is 36.8 Å². The maximum absolute atomic E-state index is 14.5. The van der Waals surface area contributed by atoms with Crippen LogP contribution in [0, 0.1) is 11.2 Å². The average molecular weight is 580 g/mol. The number of hydrogen-bond acceptors (Lipinski definition) is 6. The monoisotopic (exact) mass is 579 g/mol. The van der Waals surface area contributed by atoms with Gasteiger partial charge in [0.1, 0.15) is 29.1 Å². The number of pyridine rings is 1. The van der Waals surface area contributed by atoms with Crippen molar-refractivity contribution >= 4 is 45.5 Å². The van der Waals surface area contributed by atoms with Crippen molar-refractivity contribution in [2.45, 2.75) is 32.3 Å². The van der Waals surface area contributed by atoms with Crippen molar-refractivity contribution in [2.24, 2.45) is 10.6 Å². The Hall–Kier alpha value is -4.16. The number of halogens is 1. The minimum atomic E-state index is -1.85. The van der Waals surface area contributed by atoms with Crippen molar-refractivity contribution in [1.82, 2.24) is 14.8 Å². The van der Waals surface area contributed by atoms with Crippen molar-refractivity contribution < 1.29 is 27.7 Å². The summed E-state index contributed by atoms with van der Waals surface area (Å²) in [6.07, 6.45) is -0.545. The number of ether oxygens (including phenoxy) is 1. The molecule has 2 aliphatic rings. The van der Waals surface area contributed by atoms with Crippen LogP contribution in [0.25, 0.3) is 10.9 Å². The van der Waals surface area contributed by atoms with E-state index in [-0.39, 0.29) is 49.2 Å². The zero-order valence-electron chi connectivity index (χ0n) is 22.9. The Labute approximate surface area is 238 Å². The van der Waals surface area contributed by atoms with Gasteiger partial charge in [-0.05, 0) is 41.5 Å². The Kier molecular flexibility index (Phi) is 7.62. The number of anilines is 1. The predicted molar refractivity (Wildman–Crippen MR) is 152 cm³/mol. The lowest BCUT2D eigenvalue weighted by Crippen LogP contribution is -2.37. The molecule has 3 amide bonds. The first kappa shape index (κ1) is 28.4. The summed E-state index contributed by atoms with van der Waals surface area (Å²) in [7, 11) is -1.85. The maximum atomic E-state index is 14.5. The van der Waals surface area contributed by atoms with Gasteiger partial charge in [-0.1, -0.05) is 39.0 Å². The number of aromatic nitrogens is 1. The van der Waals surface area contributed by atoms with Crippen molar-refractivity contribution in [1.29, 1.82) is 0 Å². The quantitative estimate of drug-likeness (QED) is 0.442. The Morgan fingerprint density at radius 3 is 2.32 bits per heavy atom. The van der Waals surface area contributed by atoms with E-state index in [0.717, 1.165) is 22.6 Å². The van der Waals surface area contributed by atoms with E-state index >= 15 is 0 Å². The lowest BCUT2D eigenvalue weighted by Gasteiger charge is -2.23. The van der Waals surface area contributed by atoms with Crippen molar-refractivity contribution in [3.8, 4) is 0 Å². The molecule has 1 unspecified atom stereocenters. The van der Waals surface area contributed by atoms with E-state index in [1.165, 1.54) is 21.9 Å². The number of para-hydroxylation sites is 1. The molecule has 0 bridgehead atoms. The molecular weight excluding hydrogens is 549 g/mol. The molecule has 2 aliphatic heterocycles. The fourth-order valence-electron chi connectivity index (χ4n) is 4.72. The number of carbonyl (C=O) groups is 3. The third-order valence-electron chi connectivity index (χ3n) is 7.04. The van der Waals surface area contributed by atoms with Gasteiger partial charge in [-0.3, -0.25) is 9.59 Å². The minimum Gasteiger partial charge on any atom is -0.443 e. The fourth-order valence-corrected chi connectivity index (χ4v) is 5.15. The van der Waals surface area contributed by atoms with Crippen LogP contribution in [0.3, 0.4) is 0 Å². The van der Waals surface area contributed by atoms with Crippen LogP contribution in [0.4, 0.5) is 14.9 Å². The van der Waals surface area contributed by atoms with Gasteiger partial charge >= 0.3 is 6.09 Å². The Balaban J connectivity index is 1.21. The van der Waals surface area contributed by atoms with Gasteiger partial charge in [0.05, 0.1) is 21.7 Å². The van der Waals surface area contributed by atoms with Crippen LogP contribution in [0.5, 0.6) is 0 Å². The zero-order valence-corrected chi connectivity index (χ0v) is 23.7. The molecule has 5 rings (SSSR count). The number of nitrogens with one attached hydrogen (secondary N) is 1. The molecule has 10 nitrogen and oxygen atoms in total. The summed E-state index contributed by atoms with van der Waals surface area (Å²) < 4.78 is 31.5. The highest BCUT2D eigenvalue weighted by atomic mass is 32.2. The topological polar surface area (TPSA) is 135 Å². The molecule has 0 aliphatic carbocycles. The molecule has 3 N–H and O–H groups in total. The van der Waals surface area contributed by atoms with E-state index in [2.05, 4.69) is 10.3 Å². The van der Waals surface area contributed by atoms with Gasteiger partial charge in [-0.25, -0.2) is 23.5 Å². The highest BCUT2D eigenvalue weighted by Gasteiger charge is 2.35. The Morgan fingerprint density at radius 1 is 1.02 bits per heavy atom. The molecule has 0 saturated heterocycles. The largest absolute Gasteiger partial charge is 0.443 e. The van der Waals surface area contributed by atoms with Gasteiger partial charge in [-0.15, -0.1) is 0 Å². The summed E-state index contributed by atoms with van der Waals surface area (Å²) in [5.41, 5.74) is 2.66. The van der Waals surface area contributed by atoms with Crippen LogP contribution < -0.4 is 10.5 Å². The first-order valence-electron chi connectivity index (χ1n) is 13.0. The molecule has 0 fully saturated rings. The highest BCUT2D eigenvalue weighted by Crippen LogP contribution is 2.29. The predicted octanol–water partition coefficient (Wildman–Crippen LogP) is 3.74. The fraction of sp³-hybridized carbons (Fsp3) is 0.310. The molecule has 1 atom stereocenters. The average Bonchev–Trinajstić information content (AvgIpc) is 3.50. The number of carbonyl (C=O) groups excluding carboxylic acids is 3. The van der Waals surface area contributed by atoms with E-state index in [1.807, 2.05) is 51.1 Å². The van der Waals surface area contributed by atoms with E-state index in [0.29, 0.717) is 16.9 Å². The molecular formula is C29H30FN5O5S. The van der Waals surface area contributed by atoms with Gasteiger partial charge in [0.15, 0.2) is 0 Å². The number of nitrogens with zero attached hydrogens (tertiary/aromatic N) is 3. The third kappa shape index (κ3) is 5.98. The van der Waals surface area contributed by atoms with Crippen LogP contribution in [0.2, 0.25) is 0 Å². The van der Waals surface area contributed by atoms with Gasteiger partial charge in [-0.2, -0.15) is 0 Å². The molecule has 1 aromatic heterocycles. The molecule has 0 radical (unpaired) electrons. The van der Waals surface area contributed by atoms with Crippen molar-refractivity contribution in [3.63, 3.8) is 0 Å². The first-order valence-corrected chi connectivity index (χ1v) is 14.2. The minimum absolute atomic E-state index is 0.0952. The summed E-state index contributed by atoms with van der Waals surface area (Å²) in [6.45, 7) is 6.37. The summed E-state index contributed by atoms with van der Waals surface area (Å²) in [5.74, 6) is -1.47. The maximum Gasteiger partial charge on any atom is 0.410 e. The number of rotatable bonds is 5. The molecule has 41 heavy (non-hydrogen) atoms. The summed E-state index contributed by atoms with van der Waals surface area (Å²) in [5, 5.41) is 9.04. The lowest BCUT2D eigenvalue weighted by atomic mass is 9.95. The molecule has 12 heteroatoms. The smallest absolute Gasteiger partial charge is 0.410 e. The van der Waals surface area contributed by atoms with E-state index < -0.39 is 34.2 Å². The molecule has 0 spiro atoms. The second-order valence-corrected chi connectivity index (χ2v) is 12.2. The van der Waals surface area contributed by atoms with Crippen molar-refractivity contribution in [3.05, 3.63) is 76.8 Å². The van der Waals surface area contributed by atoms with Crippen LogP contribution in [0.15, 0.2) is 64.6 Å².